The van der Waals surface area contributed by atoms with Gasteiger partial charge in [0.05, 0.1) is 0 Å². The molecule has 1 unspecified atom stereocenters. The molecule has 0 saturated heterocycles. The molecule has 1 aromatic carbocycles. The first-order valence-electron chi connectivity index (χ1n) is 7.25. The zero-order chi connectivity index (χ0) is 15.9. The van der Waals surface area contributed by atoms with Crippen LogP contribution in [-0.2, 0) is 0 Å². The van der Waals surface area contributed by atoms with Crippen LogP contribution in [0.2, 0.25) is 0 Å². The van der Waals surface area contributed by atoms with E-state index in [0.717, 1.165) is 22.7 Å². The Bertz CT molecular complexity index is 796. The molecular formula is C16H17BrN2O3. The highest BCUT2D eigenvalue weighted by molar-refractivity contribution is 9.10. The topological polar surface area (TPSA) is 85.3 Å². The molecule has 1 saturated carbocycles. The molecule has 0 aliphatic heterocycles. The van der Waals surface area contributed by atoms with Crippen LogP contribution in [-0.4, -0.2) is 18.5 Å². The fourth-order valence-electron chi connectivity index (χ4n) is 2.69. The van der Waals surface area contributed by atoms with E-state index in [2.05, 4.69) is 21.2 Å². The van der Waals surface area contributed by atoms with Crippen molar-refractivity contribution in [3.63, 3.8) is 0 Å². The molecular weight excluding hydrogens is 348 g/mol. The van der Waals surface area contributed by atoms with Crippen molar-refractivity contribution in [1.29, 1.82) is 0 Å². The Morgan fingerprint density at radius 3 is 2.86 bits per heavy atom. The van der Waals surface area contributed by atoms with E-state index in [9.17, 15) is 9.59 Å². The summed E-state index contributed by atoms with van der Waals surface area (Å²) in [4.78, 5) is 24.6. The Morgan fingerprint density at radius 1 is 1.50 bits per heavy atom. The Hall–Kier alpha value is -1.66. The lowest BCUT2D eigenvalue weighted by Gasteiger charge is -2.16. The van der Waals surface area contributed by atoms with Crippen LogP contribution in [0.5, 0.6) is 0 Å². The quantitative estimate of drug-likeness (QED) is 0.815. The molecule has 1 fully saturated rings. The highest BCUT2D eigenvalue weighted by atomic mass is 79.9. The number of aryl methyl sites for hydroxylation is 1. The van der Waals surface area contributed by atoms with Gasteiger partial charge < -0.3 is 15.5 Å². The first-order chi connectivity index (χ1) is 10.5. The lowest BCUT2D eigenvalue weighted by atomic mass is 10.0. The molecule has 3 rings (SSSR count). The Morgan fingerprint density at radius 2 is 2.23 bits per heavy atom. The molecule has 1 aromatic heterocycles. The summed E-state index contributed by atoms with van der Waals surface area (Å²) in [6, 6.07) is 5.26. The molecule has 1 atom stereocenters. The van der Waals surface area contributed by atoms with Crippen LogP contribution in [0, 0.1) is 12.8 Å². The molecule has 1 heterocycles. The Kier molecular flexibility index (Phi) is 4.06. The van der Waals surface area contributed by atoms with Crippen molar-refractivity contribution in [1.82, 2.24) is 5.32 Å². The minimum Gasteiger partial charge on any atom is -0.422 e. The van der Waals surface area contributed by atoms with E-state index in [1.54, 1.807) is 19.1 Å². The zero-order valence-electron chi connectivity index (χ0n) is 12.2. The van der Waals surface area contributed by atoms with Gasteiger partial charge in [0.25, 0.3) is 5.91 Å². The van der Waals surface area contributed by atoms with E-state index in [0.29, 0.717) is 23.6 Å². The van der Waals surface area contributed by atoms with Gasteiger partial charge in [0.15, 0.2) is 0 Å². The third kappa shape index (κ3) is 2.80. The highest BCUT2D eigenvalue weighted by Crippen LogP contribution is 2.32. The molecule has 1 aliphatic carbocycles. The van der Waals surface area contributed by atoms with E-state index >= 15 is 0 Å². The number of amides is 1. The number of halogens is 1. The number of carbonyl (C=O) groups is 1. The van der Waals surface area contributed by atoms with Gasteiger partial charge in [-0.05, 0) is 49.4 Å². The number of hydrogen-bond donors (Lipinski definition) is 2. The standard InChI is InChI=1S/C16H17BrN2O3/c1-8-11-6-10(17)4-5-13(11)22-16(21)14(8)15(20)19-12(7-18)9-2-3-9/h4-6,9,12H,2-3,7,18H2,1H3,(H,19,20). The normalized spacial score (nSPS) is 15.8. The van der Waals surface area contributed by atoms with Crippen molar-refractivity contribution in [3.8, 4) is 0 Å². The largest absolute Gasteiger partial charge is 0.422 e. The predicted octanol–water partition coefficient (Wildman–Crippen LogP) is 2.33. The molecule has 6 heteroatoms. The van der Waals surface area contributed by atoms with Gasteiger partial charge >= 0.3 is 5.63 Å². The molecule has 1 amide bonds. The fraction of sp³-hybridized carbons (Fsp3) is 0.375. The number of nitrogens with two attached hydrogens (primary N) is 1. The first-order valence-corrected chi connectivity index (χ1v) is 8.04. The Balaban J connectivity index is 2.02. The summed E-state index contributed by atoms with van der Waals surface area (Å²) in [5, 5.41) is 3.62. The summed E-state index contributed by atoms with van der Waals surface area (Å²) in [6.45, 7) is 2.13. The highest BCUT2D eigenvalue weighted by Gasteiger charge is 2.32. The number of rotatable bonds is 4. The second kappa shape index (κ2) is 5.85. The molecule has 3 N–H and O–H groups in total. The summed E-state index contributed by atoms with van der Waals surface area (Å²) >= 11 is 3.39. The number of carbonyl (C=O) groups excluding carboxylic acids is 1. The van der Waals surface area contributed by atoms with Gasteiger partial charge in [-0.3, -0.25) is 4.79 Å². The lowest BCUT2D eigenvalue weighted by Crippen LogP contribution is -2.43. The van der Waals surface area contributed by atoms with E-state index in [-0.39, 0.29) is 11.6 Å². The SMILES string of the molecule is Cc1c(C(=O)NC(CN)C2CC2)c(=O)oc2ccc(Br)cc12. The molecule has 0 bridgehead atoms. The van der Waals surface area contributed by atoms with E-state index in [4.69, 9.17) is 10.2 Å². The minimum atomic E-state index is -0.614. The average molecular weight is 365 g/mol. The van der Waals surface area contributed by atoms with Crippen molar-refractivity contribution < 1.29 is 9.21 Å². The summed E-state index contributed by atoms with van der Waals surface area (Å²) in [5.41, 5.74) is 6.24. The van der Waals surface area contributed by atoms with Gasteiger partial charge in [-0.2, -0.15) is 0 Å². The second-order valence-corrected chi connectivity index (χ2v) is 6.60. The smallest absolute Gasteiger partial charge is 0.349 e. The van der Waals surface area contributed by atoms with Crippen LogP contribution < -0.4 is 16.7 Å². The van der Waals surface area contributed by atoms with Crippen molar-refractivity contribution in [2.45, 2.75) is 25.8 Å². The fourth-order valence-corrected chi connectivity index (χ4v) is 3.06. The van der Waals surface area contributed by atoms with Crippen molar-refractivity contribution in [2.75, 3.05) is 6.54 Å². The third-order valence-electron chi connectivity index (χ3n) is 4.12. The number of fused-ring (bicyclic) bond motifs is 1. The zero-order valence-corrected chi connectivity index (χ0v) is 13.8. The molecule has 22 heavy (non-hydrogen) atoms. The van der Waals surface area contributed by atoms with Crippen LogP contribution in [0.4, 0.5) is 0 Å². The summed E-state index contributed by atoms with van der Waals surface area (Å²) in [5.74, 6) is 0.0198. The number of benzene rings is 1. The van der Waals surface area contributed by atoms with Crippen LogP contribution in [0.1, 0.15) is 28.8 Å². The van der Waals surface area contributed by atoms with Crippen LogP contribution in [0.15, 0.2) is 31.9 Å². The lowest BCUT2D eigenvalue weighted by molar-refractivity contribution is 0.0929. The van der Waals surface area contributed by atoms with E-state index < -0.39 is 11.5 Å². The monoisotopic (exact) mass is 364 g/mol. The molecule has 1 aliphatic rings. The number of nitrogens with one attached hydrogen (secondary N) is 1. The second-order valence-electron chi connectivity index (χ2n) is 5.68. The summed E-state index contributed by atoms with van der Waals surface area (Å²) in [6.07, 6.45) is 2.14. The van der Waals surface area contributed by atoms with Gasteiger partial charge in [-0.1, -0.05) is 15.9 Å². The minimum absolute atomic E-state index is 0.0599. The maximum absolute atomic E-state index is 12.5. The molecule has 116 valence electrons. The van der Waals surface area contributed by atoms with Gasteiger partial charge in [0.2, 0.25) is 0 Å². The maximum Gasteiger partial charge on any atom is 0.349 e. The van der Waals surface area contributed by atoms with Gasteiger partial charge in [0, 0.05) is 22.4 Å². The predicted molar refractivity (Wildman–Crippen MR) is 88.0 cm³/mol. The van der Waals surface area contributed by atoms with Gasteiger partial charge in [-0.25, -0.2) is 4.79 Å². The Labute approximate surface area is 136 Å². The first kappa shape index (κ1) is 15.2. The van der Waals surface area contributed by atoms with Crippen molar-refractivity contribution in [3.05, 3.63) is 44.2 Å². The van der Waals surface area contributed by atoms with Crippen molar-refractivity contribution >= 4 is 32.8 Å². The van der Waals surface area contributed by atoms with Gasteiger partial charge in [-0.15, -0.1) is 0 Å². The third-order valence-corrected chi connectivity index (χ3v) is 4.61. The molecule has 0 radical (unpaired) electrons. The van der Waals surface area contributed by atoms with Crippen LogP contribution in [0.3, 0.4) is 0 Å². The van der Waals surface area contributed by atoms with Crippen molar-refractivity contribution in [2.24, 2.45) is 11.7 Å². The van der Waals surface area contributed by atoms with E-state index in [1.807, 2.05) is 6.07 Å². The number of hydrogen-bond acceptors (Lipinski definition) is 4. The van der Waals surface area contributed by atoms with Crippen LogP contribution >= 0.6 is 15.9 Å². The summed E-state index contributed by atoms with van der Waals surface area (Å²) < 4.78 is 6.13. The summed E-state index contributed by atoms with van der Waals surface area (Å²) in [7, 11) is 0. The van der Waals surface area contributed by atoms with Gasteiger partial charge in [0.1, 0.15) is 11.1 Å². The molecule has 5 nitrogen and oxygen atoms in total. The van der Waals surface area contributed by atoms with E-state index in [1.165, 1.54) is 0 Å². The average Bonchev–Trinajstić information content (AvgIpc) is 3.30. The maximum atomic E-state index is 12.5. The molecule has 0 spiro atoms. The molecule has 2 aromatic rings. The van der Waals surface area contributed by atoms with Crippen LogP contribution in [0.25, 0.3) is 11.0 Å².